The fourth-order valence-electron chi connectivity index (χ4n) is 5.04. The van der Waals surface area contributed by atoms with Gasteiger partial charge < -0.3 is 19.0 Å². The number of ether oxygens (including phenoxy) is 2. The van der Waals surface area contributed by atoms with Gasteiger partial charge in [0.15, 0.2) is 0 Å². The van der Waals surface area contributed by atoms with Crippen molar-refractivity contribution in [2.24, 2.45) is 7.05 Å². The lowest BCUT2D eigenvalue weighted by Crippen LogP contribution is -1.95. The Balaban J connectivity index is 1.64. The third-order valence-corrected chi connectivity index (χ3v) is 6.85. The van der Waals surface area contributed by atoms with Gasteiger partial charge in [-0.2, -0.15) is 0 Å². The van der Waals surface area contributed by atoms with Crippen LogP contribution in [0.4, 0.5) is 4.39 Å². The van der Waals surface area contributed by atoms with E-state index in [-0.39, 0.29) is 5.82 Å². The molecule has 36 heavy (non-hydrogen) atoms. The molecule has 2 heterocycles. The number of nitrogens with one attached hydrogen (secondary N) is 1. The van der Waals surface area contributed by atoms with Gasteiger partial charge in [0.2, 0.25) is 0 Å². The highest BCUT2D eigenvalue weighted by atomic mass is 19.1. The maximum absolute atomic E-state index is 13.9. The van der Waals surface area contributed by atoms with Gasteiger partial charge in [-0.25, -0.2) is 4.39 Å². The maximum atomic E-state index is 13.9. The highest BCUT2D eigenvalue weighted by Crippen LogP contribution is 2.43. The summed E-state index contributed by atoms with van der Waals surface area (Å²) in [5.74, 6) is 1.16. The van der Waals surface area contributed by atoms with Crippen molar-refractivity contribution in [3.8, 4) is 45.0 Å². The van der Waals surface area contributed by atoms with Gasteiger partial charge in [-0.1, -0.05) is 30.3 Å². The first-order valence-corrected chi connectivity index (χ1v) is 11.7. The van der Waals surface area contributed by atoms with Crippen LogP contribution in [0.15, 0.2) is 91.1 Å². The average Bonchev–Trinajstić information content (AvgIpc) is 3.50. The molecule has 1 N–H and O–H groups in total. The Morgan fingerprint density at radius 1 is 0.694 bits per heavy atom. The molecule has 0 bridgehead atoms. The molecule has 0 unspecified atom stereocenters. The van der Waals surface area contributed by atoms with Crippen LogP contribution in [0.1, 0.15) is 0 Å². The molecular weight excluding hydrogens is 451 g/mol. The smallest absolute Gasteiger partial charge is 0.123 e. The molecule has 2 aromatic heterocycles. The first kappa shape index (κ1) is 22.0. The van der Waals surface area contributed by atoms with E-state index in [1.54, 1.807) is 14.2 Å². The molecule has 0 radical (unpaired) electrons. The van der Waals surface area contributed by atoms with Crippen LogP contribution in [0, 0.1) is 5.82 Å². The number of methoxy groups -OCH3 is 2. The number of hydrogen-bond donors (Lipinski definition) is 1. The van der Waals surface area contributed by atoms with Crippen LogP contribution < -0.4 is 9.47 Å². The monoisotopic (exact) mass is 476 g/mol. The second kappa shape index (κ2) is 8.61. The number of aromatic nitrogens is 2. The minimum Gasteiger partial charge on any atom is -0.497 e. The van der Waals surface area contributed by atoms with E-state index in [9.17, 15) is 4.39 Å². The van der Waals surface area contributed by atoms with Gasteiger partial charge in [-0.05, 0) is 70.6 Å². The van der Waals surface area contributed by atoms with Crippen molar-refractivity contribution in [1.29, 1.82) is 0 Å². The average molecular weight is 477 g/mol. The highest BCUT2D eigenvalue weighted by molar-refractivity contribution is 6.06. The van der Waals surface area contributed by atoms with E-state index in [1.165, 1.54) is 17.5 Å². The number of aromatic amines is 1. The van der Waals surface area contributed by atoms with E-state index < -0.39 is 0 Å². The number of fused-ring (bicyclic) bond motifs is 2. The number of hydrogen-bond acceptors (Lipinski definition) is 2. The molecule has 0 saturated heterocycles. The minimum absolute atomic E-state index is 0.261. The van der Waals surface area contributed by atoms with Crippen LogP contribution >= 0.6 is 0 Å². The number of nitrogens with zero attached hydrogens (tertiary/aromatic N) is 1. The van der Waals surface area contributed by atoms with Crippen LogP contribution in [0.5, 0.6) is 11.5 Å². The topological polar surface area (TPSA) is 39.2 Å². The van der Waals surface area contributed by atoms with Gasteiger partial charge in [-0.15, -0.1) is 0 Å². The van der Waals surface area contributed by atoms with E-state index in [0.29, 0.717) is 11.5 Å². The molecule has 4 nitrogen and oxygen atoms in total. The molecule has 6 aromatic rings. The van der Waals surface area contributed by atoms with Gasteiger partial charge >= 0.3 is 0 Å². The molecule has 0 fully saturated rings. The molecule has 0 aliphatic carbocycles. The highest BCUT2D eigenvalue weighted by Gasteiger charge is 2.20. The summed E-state index contributed by atoms with van der Waals surface area (Å²) < 4.78 is 27.2. The second-order valence-corrected chi connectivity index (χ2v) is 8.90. The quantitative estimate of drug-likeness (QED) is 0.276. The minimum atomic E-state index is -0.261. The lowest BCUT2D eigenvalue weighted by Gasteiger charge is -2.12. The van der Waals surface area contributed by atoms with Crippen LogP contribution in [0.25, 0.3) is 55.3 Å². The normalized spacial score (nSPS) is 11.3. The first-order valence-electron chi connectivity index (χ1n) is 11.7. The van der Waals surface area contributed by atoms with Gasteiger partial charge in [0, 0.05) is 46.9 Å². The molecule has 4 aromatic carbocycles. The Hall–Kier alpha value is -4.51. The lowest BCUT2D eigenvalue weighted by molar-refractivity contribution is 0.394. The fourth-order valence-corrected chi connectivity index (χ4v) is 5.04. The first-order chi connectivity index (χ1) is 17.6. The second-order valence-electron chi connectivity index (χ2n) is 8.90. The standard InChI is InChI=1S/C31H25FN2O2/c1-34-29-11-8-21(22-5-4-19-12-13-33-28(19)17-22)16-27(29)30(20-6-9-24(32)10-7-20)31(34)23-14-25(35-2)18-26(15-23)36-3/h4-18,33H,1-3H3. The fraction of sp³-hybridized carbons (Fsp3) is 0.0968. The number of aryl methyl sites for hydroxylation is 1. The van der Waals surface area contributed by atoms with Crippen LogP contribution in [0.2, 0.25) is 0 Å². The van der Waals surface area contributed by atoms with E-state index in [2.05, 4.69) is 59.1 Å². The number of rotatable bonds is 5. The molecule has 0 aliphatic heterocycles. The molecule has 0 amide bonds. The Labute approximate surface area is 208 Å². The maximum Gasteiger partial charge on any atom is 0.123 e. The van der Waals surface area contributed by atoms with E-state index in [0.717, 1.165) is 49.9 Å². The summed E-state index contributed by atoms with van der Waals surface area (Å²) in [5.41, 5.74) is 8.36. The Kier molecular flexibility index (Phi) is 5.26. The number of halogens is 1. The van der Waals surface area contributed by atoms with Gasteiger partial charge in [-0.3, -0.25) is 0 Å². The number of benzene rings is 4. The van der Waals surface area contributed by atoms with Crippen LogP contribution in [-0.4, -0.2) is 23.8 Å². The summed E-state index contributed by atoms with van der Waals surface area (Å²) in [6, 6.07) is 27.6. The molecule has 0 saturated carbocycles. The summed E-state index contributed by atoms with van der Waals surface area (Å²) in [6.07, 6.45) is 1.95. The van der Waals surface area contributed by atoms with Crippen molar-refractivity contribution in [2.75, 3.05) is 14.2 Å². The third kappa shape index (κ3) is 3.60. The molecule has 0 aliphatic rings. The molecule has 178 valence electrons. The predicted molar refractivity (Wildman–Crippen MR) is 144 cm³/mol. The zero-order valence-electron chi connectivity index (χ0n) is 20.3. The molecular formula is C31H25FN2O2. The van der Waals surface area contributed by atoms with Crippen molar-refractivity contribution < 1.29 is 13.9 Å². The molecule has 0 atom stereocenters. The summed E-state index contributed by atoms with van der Waals surface area (Å²) in [7, 11) is 5.35. The van der Waals surface area contributed by atoms with Crippen molar-refractivity contribution in [2.45, 2.75) is 0 Å². The Bertz CT molecular complexity index is 1710. The third-order valence-electron chi connectivity index (χ3n) is 6.85. The Morgan fingerprint density at radius 2 is 1.36 bits per heavy atom. The van der Waals surface area contributed by atoms with Gasteiger partial charge in [0.05, 0.1) is 19.9 Å². The summed E-state index contributed by atoms with van der Waals surface area (Å²) in [4.78, 5) is 3.30. The van der Waals surface area contributed by atoms with Gasteiger partial charge in [0.25, 0.3) is 0 Å². The van der Waals surface area contributed by atoms with Crippen molar-refractivity contribution in [1.82, 2.24) is 9.55 Å². The SMILES string of the molecule is COc1cc(OC)cc(-c2c(-c3ccc(F)cc3)c3cc(-c4ccc5cc[nH]c5c4)ccc3n2C)c1. The summed E-state index contributed by atoms with van der Waals surface area (Å²) >= 11 is 0. The zero-order valence-corrected chi connectivity index (χ0v) is 20.3. The van der Waals surface area contributed by atoms with Crippen molar-refractivity contribution in [3.05, 3.63) is 96.9 Å². The van der Waals surface area contributed by atoms with E-state index in [1.807, 2.05) is 36.5 Å². The van der Waals surface area contributed by atoms with Crippen LogP contribution in [-0.2, 0) is 7.05 Å². The number of H-pyrrole nitrogens is 1. The molecule has 5 heteroatoms. The predicted octanol–water partition coefficient (Wildman–Crippen LogP) is 7.82. The molecule has 6 rings (SSSR count). The van der Waals surface area contributed by atoms with Gasteiger partial charge in [0.1, 0.15) is 17.3 Å². The lowest BCUT2D eigenvalue weighted by atomic mass is 9.96. The zero-order chi connectivity index (χ0) is 24.8. The summed E-state index contributed by atoms with van der Waals surface area (Å²) in [6.45, 7) is 0. The summed E-state index contributed by atoms with van der Waals surface area (Å²) in [5, 5.41) is 2.27. The van der Waals surface area contributed by atoms with Crippen molar-refractivity contribution >= 4 is 21.8 Å². The van der Waals surface area contributed by atoms with Crippen molar-refractivity contribution in [3.63, 3.8) is 0 Å². The molecule has 0 spiro atoms. The largest absolute Gasteiger partial charge is 0.497 e. The van der Waals surface area contributed by atoms with E-state index in [4.69, 9.17) is 9.47 Å². The Morgan fingerprint density at radius 3 is 2.08 bits per heavy atom. The van der Waals surface area contributed by atoms with Crippen LogP contribution in [0.3, 0.4) is 0 Å². The van der Waals surface area contributed by atoms with E-state index >= 15 is 0 Å².